The van der Waals surface area contributed by atoms with Crippen molar-refractivity contribution in [2.24, 2.45) is 5.92 Å². The van der Waals surface area contributed by atoms with Crippen molar-refractivity contribution < 1.29 is 4.74 Å². The van der Waals surface area contributed by atoms with Crippen molar-refractivity contribution >= 4 is 33.2 Å². The fourth-order valence-corrected chi connectivity index (χ4v) is 4.85. The molecule has 0 aliphatic heterocycles. The van der Waals surface area contributed by atoms with Gasteiger partial charge in [0.1, 0.15) is 17.3 Å². The zero-order chi connectivity index (χ0) is 18.1. The topological polar surface area (TPSA) is 55.0 Å². The van der Waals surface area contributed by atoms with Crippen molar-refractivity contribution in [2.75, 3.05) is 0 Å². The third kappa shape index (κ3) is 3.43. The Morgan fingerprint density at radius 1 is 1.27 bits per heavy atom. The van der Waals surface area contributed by atoms with Gasteiger partial charge < -0.3 is 9.72 Å². The number of nitrogens with one attached hydrogen (secondary N) is 1. The molecule has 0 spiro atoms. The lowest BCUT2D eigenvalue weighted by Crippen LogP contribution is -2.26. The van der Waals surface area contributed by atoms with Gasteiger partial charge >= 0.3 is 0 Å². The number of nitrogens with zero attached hydrogens (tertiary/aromatic N) is 1. The number of hydrogen-bond acceptors (Lipinski definition) is 4. The van der Waals surface area contributed by atoms with E-state index in [2.05, 4.69) is 16.9 Å². The first kappa shape index (κ1) is 17.7. The summed E-state index contributed by atoms with van der Waals surface area (Å²) >= 11 is 7.76. The summed E-state index contributed by atoms with van der Waals surface area (Å²) in [6.07, 6.45) is 5.04. The molecule has 1 N–H and O–H groups in total. The molecular formula is C20H21ClN2O2S. The Bertz CT molecular complexity index is 981. The van der Waals surface area contributed by atoms with E-state index < -0.39 is 0 Å². The Morgan fingerprint density at radius 2 is 2.08 bits per heavy atom. The van der Waals surface area contributed by atoms with Gasteiger partial charge in [0.2, 0.25) is 0 Å². The molecule has 1 aliphatic rings. The van der Waals surface area contributed by atoms with Gasteiger partial charge in [-0.15, -0.1) is 11.3 Å². The summed E-state index contributed by atoms with van der Waals surface area (Å²) in [5.74, 6) is 1.15. The molecule has 0 radical (unpaired) electrons. The predicted octanol–water partition coefficient (Wildman–Crippen LogP) is 5.40. The molecule has 26 heavy (non-hydrogen) atoms. The average Bonchev–Trinajstić information content (AvgIpc) is 3.06. The minimum Gasteiger partial charge on any atom is -0.370 e. The third-order valence-electron chi connectivity index (χ3n) is 5.12. The molecule has 2 heterocycles. The van der Waals surface area contributed by atoms with Gasteiger partial charge in [0.15, 0.2) is 0 Å². The van der Waals surface area contributed by atoms with Gasteiger partial charge in [0.25, 0.3) is 5.56 Å². The number of fused-ring (bicyclic) bond motifs is 1. The van der Waals surface area contributed by atoms with Crippen molar-refractivity contribution in [3.8, 4) is 11.1 Å². The molecule has 136 valence electrons. The van der Waals surface area contributed by atoms with Gasteiger partial charge in [0.05, 0.1) is 11.5 Å². The van der Waals surface area contributed by atoms with E-state index in [1.54, 1.807) is 0 Å². The van der Waals surface area contributed by atoms with Crippen LogP contribution in [-0.4, -0.2) is 16.1 Å². The molecule has 4 nitrogen and oxygen atoms in total. The summed E-state index contributed by atoms with van der Waals surface area (Å²) in [4.78, 5) is 20.9. The molecule has 2 unspecified atom stereocenters. The normalized spacial score (nSPS) is 20.5. The van der Waals surface area contributed by atoms with Gasteiger partial charge in [-0.05, 0) is 24.8 Å². The molecule has 0 saturated heterocycles. The predicted molar refractivity (Wildman–Crippen MR) is 107 cm³/mol. The molecule has 4 rings (SSSR count). The van der Waals surface area contributed by atoms with E-state index >= 15 is 0 Å². The molecular weight excluding hydrogens is 368 g/mol. The Balaban J connectivity index is 1.62. The van der Waals surface area contributed by atoms with Crippen LogP contribution < -0.4 is 5.56 Å². The lowest BCUT2D eigenvalue weighted by atomic mass is 9.88. The summed E-state index contributed by atoms with van der Waals surface area (Å²) in [5, 5.41) is 3.17. The van der Waals surface area contributed by atoms with Crippen LogP contribution in [0.2, 0.25) is 5.02 Å². The minimum atomic E-state index is -0.138. The second-order valence-electron chi connectivity index (χ2n) is 6.93. The van der Waals surface area contributed by atoms with Crippen LogP contribution in [0.25, 0.3) is 21.3 Å². The van der Waals surface area contributed by atoms with Gasteiger partial charge in [0, 0.05) is 21.5 Å². The monoisotopic (exact) mass is 388 g/mol. The van der Waals surface area contributed by atoms with E-state index in [4.69, 9.17) is 16.3 Å². The zero-order valence-corrected chi connectivity index (χ0v) is 16.2. The second kappa shape index (κ2) is 7.51. The summed E-state index contributed by atoms with van der Waals surface area (Å²) in [5.41, 5.74) is 1.55. The number of aromatic nitrogens is 2. The van der Waals surface area contributed by atoms with Crippen LogP contribution in [-0.2, 0) is 11.3 Å². The van der Waals surface area contributed by atoms with Crippen LogP contribution in [0, 0.1) is 5.92 Å². The van der Waals surface area contributed by atoms with E-state index in [0.29, 0.717) is 28.8 Å². The van der Waals surface area contributed by atoms with E-state index in [1.165, 1.54) is 30.6 Å². The van der Waals surface area contributed by atoms with Gasteiger partial charge in [-0.1, -0.05) is 49.6 Å². The molecule has 6 heteroatoms. The van der Waals surface area contributed by atoms with Gasteiger partial charge in [-0.3, -0.25) is 4.79 Å². The maximum atomic E-state index is 12.7. The first-order valence-corrected chi connectivity index (χ1v) is 10.3. The molecule has 1 fully saturated rings. The zero-order valence-electron chi connectivity index (χ0n) is 14.6. The standard InChI is InChI=1S/C20H21ClN2O2S/c1-12-6-2-5-9-16(12)25-10-17-22-19(24)18-14(11-26-20(18)23-17)13-7-3-4-8-15(13)21/h3-4,7-8,11-12,16H,2,5-6,9-10H2,1H3,(H,22,23,24). The van der Waals surface area contributed by atoms with Crippen molar-refractivity contribution in [1.82, 2.24) is 9.97 Å². The maximum Gasteiger partial charge on any atom is 0.260 e. The molecule has 1 aromatic carbocycles. The SMILES string of the molecule is CC1CCCCC1OCc1nc2scc(-c3ccccc3Cl)c2c(=O)[nH]1. The average molecular weight is 389 g/mol. The Labute approximate surface area is 161 Å². The number of ether oxygens (including phenoxy) is 1. The molecule has 0 bridgehead atoms. The molecule has 1 saturated carbocycles. The minimum absolute atomic E-state index is 0.138. The van der Waals surface area contributed by atoms with Gasteiger partial charge in [-0.25, -0.2) is 4.98 Å². The lowest BCUT2D eigenvalue weighted by Gasteiger charge is -2.28. The molecule has 2 atom stereocenters. The number of aromatic amines is 1. The third-order valence-corrected chi connectivity index (χ3v) is 6.33. The van der Waals surface area contributed by atoms with E-state index in [9.17, 15) is 4.79 Å². The lowest BCUT2D eigenvalue weighted by molar-refractivity contribution is -0.0181. The van der Waals surface area contributed by atoms with E-state index in [-0.39, 0.29) is 11.7 Å². The molecule has 3 aromatic rings. The number of H-pyrrole nitrogens is 1. The fourth-order valence-electron chi connectivity index (χ4n) is 3.66. The number of halogens is 1. The molecule has 2 aromatic heterocycles. The van der Waals surface area contributed by atoms with Crippen LogP contribution in [0.4, 0.5) is 0 Å². The van der Waals surface area contributed by atoms with Crippen LogP contribution in [0.1, 0.15) is 38.4 Å². The van der Waals surface area contributed by atoms with Crippen molar-refractivity contribution in [3.05, 3.63) is 50.8 Å². The quantitative estimate of drug-likeness (QED) is 0.650. The fraction of sp³-hybridized carbons (Fsp3) is 0.400. The first-order valence-electron chi connectivity index (χ1n) is 9.00. The van der Waals surface area contributed by atoms with Crippen molar-refractivity contribution in [1.29, 1.82) is 0 Å². The van der Waals surface area contributed by atoms with E-state index in [1.807, 2.05) is 29.6 Å². The van der Waals surface area contributed by atoms with Crippen LogP contribution in [0.5, 0.6) is 0 Å². The van der Waals surface area contributed by atoms with Crippen LogP contribution in [0.15, 0.2) is 34.4 Å². The second-order valence-corrected chi connectivity index (χ2v) is 8.20. The summed E-state index contributed by atoms with van der Waals surface area (Å²) < 4.78 is 6.05. The van der Waals surface area contributed by atoms with Crippen molar-refractivity contribution in [3.63, 3.8) is 0 Å². The summed E-state index contributed by atoms with van der Waals surface area (Å²) in [7, 11) is 0. The highest BCUT2D eigenvalue weighted by Crippen LogP contribution is 2.35. The Morgan fingerprint density at radius 3 is 2.88 bits per heavy atom. The maximum absolute atomic E-state index is 12.7. The Kier molecular flexibility index (Phi) is 5.11. The number of thiophene rings is 1. The Hall–Kier alpha value is -1.69. The highest BCUT2D eigenvalue weighted by atomic mass is 35.5. The van der Waals surface area contributed by atoms with E-state index in [0.717, 1.165) is 22.4 Å². The van der Waals surface area contributed by atoms with Crippen LogP contribution >= 0.6 is 22.9 Å². The molecule has 0 amide bonds. The van der Waals surface area contributed by atoms with Crippen molar-refractivity contribution in [2.45, 2.75) is 45.3 Å². The highest BCUT2D eigenvalue weighted by molar-refractivity contribution is 7.17. The molecule has 1 aliphatic carbocycles. The van der Waals surface area contributed by atoms with Crippen LogP contribution in [0.3, 0.4) is 0 Å². The summed E-state index contributed by atoms with van der Waals surface area (Å²) in [6, 6.07) is 7.55. The number of hydrogen-bond donors (Lipinski definition) is 1. The highest BCUT2D eigenvalue weighted by Gasteiger charge is 2.22. The smallest absolute Gasteiger partial charge is 0.260 e. The summed E-state index contributed by atoms with van der Waals surface area (Å²) in [6.45, 7) is 2.58. The number of rotatable bonds is 4. The number of benzene rings is 1. The first-order chi connectivity index (χ1) is 12.6. The van der Waals surface area contributed by atoms with Gasteiger partial charge in [-0.2, -0.15) is 0 Å². The largest absolute Gasteiger partial charge is 0.370 e.